The van der Waals surface area contributed by atoms with Crippen molar-refractivity contribution in [2.45, 2.75) is 6.04 Å². The van der Waals surface area contributed by atoms with E-state index in [4.69, 9.17) is 0 Å². The third-order valence-electron chi connectivity index (χ3n) is 5.47. The Kier molecular flexibility index (Phi) is 4.39. The lowest BCUT2D eigenvalue weighted by molar-refractivity contribution is 0.0764. The number of hydrogen-bond acceptors (Lipinski definition) is 5. The summed E-state index contributed by atoms with van der Waals surface area (Å²) >= 11 is 0. The largest absolute Gasteiger partial charge is 0.505 e. The molecule has 2 aromatic rings. The molecular weight excluding hydrogens is 366 g/mol. The van der Waals surface area contributed by atoms with Crippen molar-refractivity contribution in [1.82, 2.24) is 14.2 Å². The smallest absolute Gasteiger partial charge is 0.276 e. The van der Waals surface area contributed by atoms with Crippen molar-refractivity contribution in [3.8, 4) is 5.75 Å². The van der Waals surface area contributed by atoms with Gasteiger partial charge in [-0.05, 0) is 23.6 Å². The van der Waals surface area contributed by atoms with Crippen LogP contribution in [0.2, 0.25) is 0 Å². The molecular formula is C19H21N3O4S. The molecule has 0 aliphatic carbocycles. The van der Waals surface area contributed by atoms with Crippen LogP contribution in [0.5, 0.6) is 5.75 Å². The average Bonchev–Trinajstić information content (AvgIpc) is 3.20. The molecule has 27 heavy (non-hydrogen) atoms. The van der Waals surface area contributed by atoms with E-state index >= 15 is 0 Å². The summed E-state index contributed by atoms with van der Waals surface area (Å²) in [6.45, 7) is 1.28. The summed E-state index contributed by atoms with van der Waals surface area (Å²) in [6.07, 6.45) is 2.71. The number of hydrogen-bond donors (Lipinski definition) is 1. The number of benzene rings is 1. The average molecular weight is 387 g/mol. The van der Waals surface area contributed by atoms with Crippen LogP contribution in [-0.4, -0.2) is 59.5 Å². The Bertz CT molecular complexity index is 964. The second kappa shape index (κ2) is 6.61. The summed E-state index contributed by atoms with van der Waals surface area (Å²) in [4.78, 5) is 18.5. The van der Waals surface area contributed by atoms with Crippen LogP contribution in [0.3, 0.4) is 0 Å². The van der Waals surface area contributed by atoms with Gasteiger partial charge in [-0.1, -0.05) is 30.3 Å². The van der Waals surface area contributed by atoms with E-state index in [1.807, 2.05) is 30.3 Å². The van der Waals surface area contributed by atoms with Gasteiger partial charge in [0.25, 0.3) is 5.91 Å². The van der Waals surface area contributed by atoms with Crippen molar-refractivity contribution in [3.05, 3.63) is 59.9 Å². The molecule has 2 saturated heterocycles. The maximum Gasteiger partial charge on any atom is 0.276 e. The Morgan fingerprint density at radius 2 is 1.85 bits per heavy atom. The Morgan fingerprint density at radius 1 is 1.11 bits per heavy atom. The number of aromatic hydroxyl groups is 1. The van der Waals surface area contributed by atoms with Gasteiger partial charge in [-0.2, -0.15) is 4.31 Å². The minimum atomic E-state index is -3.36. The number of aromatic nitrogens is 1. The second-order valence-electron chi connectivity index (χ2n) is 7.19. The molecule has 1 amide bonds. The molecule has 0 radical (unpaired) electrons. The summed E-state index contributed by atoms with van der Waals surface area (Å²) in [5.74, 6) is -0.395. The highest BCUT2D eigenvalue weighted by Gasteiger charge is 2.51. The molecule has 0 bridgehead atoms. The maximum atomic E-state index is 12.8. The van der Waals surface area contributed by atoms with Gasteiger partial charge in [0.1, 0.15) is 5.75 Å². The first-order chi connectivity index (χ1) is 12.9. The van der Waals surface area contributed by atoms with E-state index in [1.165, 1.54) is 18.5 Å². The number of likely N-dealkylation sites (tertiary alicyclic amines) is 1. The monoisotopic (exact) mass is 387 g/mol. The van der Waals surface area contributed by atoms with Gasteiger partial charge in [0, 0.05) is 31.7 Å². The van der Waals surface area contributed by atoms with E-state index in [0.717, 1.165) is 5.56 Å². The number of nitrogens with zero attached hydrogens (tertiary/aromatic N) is 3. The van der Waals surface area contributed by atoms with E-state index in [9.17, 15) is 18.3 Å². The van der Waals surface area contributed by atoms with E-state index in [1.54, 1.807) is 15.3 Å². The van der Waals surface area contributed by atoms with Crippen LogP contribution in [0.1, 0.15) is 22.1 Å². The van der Waals surface area contributed by atoms with Crippen LogP contribution < -0.4 is 0 Å². The first-order valence-corrected chi connectivity index (χ1v) is 10.7. The van der Waals surface area contributed by atoms with Crippen molar-refractivity contribution in [3.63, 3.8) is 0 Å². The quantitative estimate of drug-likeness (QED) is 0.862. The van der Waals surface area contributed by atoms with Gasteiger partial charge in [-0.3, -0.25) is 4.79 Å². The zero-order valence-electron chi connectivity index (χ0n) is 14.9. The van der Waals surface area contributed by atoms with E-state index < -0.39 is 10.0 Å². The number of rotatable bonds is 3. The fraction of sp³-hybridized carbons (Fsp3) is 0.368. The molecule has 2 aliphatic heterocycles. The molecule has 1 N–H and O–H groups in total. The summed E-state index contributed by atoms with van der Waals surface area (Å²) in [5.41, 5.74) is 0.971. The lowest BCUT2D eigenvalue weighted by Gasteiger charge is -2.28. The SMILES string of the molecule is CS(=O)(=O)N1C[C@H]2CN(C(=O)c3ncccc3O)C[C@H]2[C@@H]1c1ccccc1. The zero-order valence-corrected chi connectivity index (χ0v) is 15.7. The van der Waals surface area contributed by atoms with Gasteiger partial charge in [-0.15, -0.1) is 0 Å². The highest BCUT2D eigenvalue weighted by atomic mass is 32.2. The number of sulfonamides is 1. The molecule has 4 rings (SSSR count). The normalized spacial score (nSPS) is 25.5. The minimum absolute atomic E-state index is 0.0110. The zero-order chi connectivity index (χ0) is 19.2. The lowest BCUT2D eigenvalue weighted by Crippen LogP contribution is -2.37. The van der Waals surface area contributed by atoms with Gasteiger partial charge in [0.15, 0.2) is 5.69 Å². The van der Waals surface area contributed by atoms with Crippen molar-refractivity contribution in [2.75, 3.05) is 25.9 Å². The molecule has 7 nitrogen and oxygen atoms in total. The third-order valence-corrected chi connectivity index (χ3v) is 6.69. The minimum Gasteiger partial charge on any atom is -0.505 e. The van der Waals surface area contributed by atoms with Crippen LogP contribution in [0.25, 0.3) is 0 Å². The van der Waals surface area contributed by atoms with Crippen LogP contribution in [0, 0.1) is 11.8 Å². The van der Waals surface area contributed by atoms with Crippen molar-refractivity contribution < 1.29 is 18.3 Å². The maximum absolute atomic E-state index is 12.8. The number of pyridine rings is 1. The first-order valence-electron chi connectivity index (χ1n) is 8.81. The molecule has 2 fully saturated rings. The molecule has 0 spiro atoms. The Labute approximate surface area is 158 Å². The summed E-state index contributed by atoms with van der Waals surface area (Å²) < 4.78 is 26.2. The highest BCUT2D eigenvalue weighted by Crippen LogP contribution is 2.46. The van der Waals surface area contributed by atoms with Gasteiger partial charge in [-0.25, -0.2) is 13.4 Å². The highest BCUT2D eigenvalue weighted by molar-refractivity contribution is 7.88. The molecule has 8 heteroatoms. The summed E-state index contributed by atoms with van der Waals surface area (Å²) in [5, 5.41) is 9.93. The van der Waals surface area contributed by atoms with E-state index in [-0.39, 0.29) is 35.2 Å². The molecule has 2 aliphatic rings. The molecule has 142 valence electrons. The van der Waals surface area contributed by atoms with Gasteiger partial charge >= 0.3 is 0 Å². The lowest BCUT2D eigenvalue weighted by atomic mass is 9.90. The van der Waals surface area contributed by atoms with E-state index in [2.05, 4.69) is 4.98 Å². The fourth-order valence-electron chi connectivity index (χ4n) is 4.29. The number of carbonyl (C=O) groups is 1. The predicted octanol–water partition coefficient (Wildman–Crippen LogP) is 1.49. The van der Waals surface area contributed by atoms with Crippen molar-refractivity contribution >= 4 is 15.9 Å². The number of amides is 1. The topological polar surface area (TPSA) is 90.8 Å². The van der Waals surface area contributed by atoms with Gasteiger partial charge < -0.3 is 10.0 Å². The van der Waals surface area contributed by atoms with E-state index in [0.29, 0.717) is 19.6 Å². The van der Waals surface area contributed by atoms with Crippen LogP contribution in [0.4, 0.5) is 0 Å². The molecule has 3 heterocycles. The number of carbonyl (C=O) groups excluding carboxylic acids is 1. The molecule has 3 atom stereocenters. The van der Waals surface area contributed by atoms with Crippen LogP contribution >= 0.6 is 0 Å². The van der Waals surface area contributed by atoms with Crippen LogP contribution in [-0.2, 0) is 10.0 Å². The number of fused-ring (bicyclic) bond motifs is 1. The van der Waals surface area contributed by atoms with Gasteiger partial charge in [0.2, 0.25) is 10.0 Å². The van der Waals surface area contributed by atoms with Crippen molar-refractivity contribution in [1.29, 1.82) is 0 Å². The van der Waals surface area contributed by atoms with Gasteiger partial charge in [0.05, 0.1) is 12.3 Å². The summed E-state index contributed by atoms with van der Waals surface area (Å²) in [6, 6.07) is 12.3. The van der Waals surface area contributed by atoms with Crippen LogP contribution in [0.15, 0.2) is 48.7 Å². The second-order valence-corrected chi connectivity index (χ2v) is 9.13. The van der Waals surface area contributed by atoms with Crippen molar-refractivity contribution in [2.24, 2.45) is 11.8 Å². The Hall–Kier alpha value is -2.45. The molecule has 1 aromatic carbocycles. The fourth-order valence-corrected chi connectivity index (χ4v) is 5.44. The molecule has 0 unspecified atom stereocenters. The Balaban J connectivity index is 1.63. The molecule has 1 aromatic heterocycles. The summed E-state index contributed by atoms with van der Waals surface area (Å²) in [7, 11) is -3.36. The molecule has 0 saturated carbocycles. The first kappa shape index (κ1) is 17.9. The Morgan fingerprint density at radius 3 is 2.52 bits per heavy atom. The predicted molar refractivity (Wildman–Crippen MR) is 99.5 cm³/mol. The third kappa shape index (κ3) is 3.19. The standard InChI is InChI=1S/C19H21N3O4S/c1-27(25,26)22-11-14-10-21(19(24)17-16(23)8-5-9-20-17)12-15(14)18(22)13-6-3-2-4-7-13/h2-9,14-15,18,23H,10-12H2,1H3/t14-,15-,18+/m1/s1.